The lowest BCUT2D eigenvalue weighted by molar-refractivity contribution is 0.373. The van der Waals surface area contributed by atoms with Crippen molar-refractivity contribution in [3.05, 3.63) is 41.7 Å². The molecule has 2 N–H and O–H groups in total. The van der Waals surface area contributed by atoms with Crippen LogP contribution >= 0.6 is 12.2 Å². The van der Waals surface area contributed by atoms with Crippen LogP contribution in [0.3, 0.4) is 0 Å². The first-order chi connectivity index (χ1) is 11.6. The van der Waals surface area contributed by atoms with E-state index in [0.717, 1.165) is 18.4 Å². The molecule has 24 heavy (non-hydrogen) atoms. The average Bonchev–Trinajstić information content (AvgIpc) is 2.59. The van der Waals surface area contributed by atoms with Gasteiger partial charge in [0.15, 0.2) is 5.11 Å². The van der Waals surface area contributed by atoms with Gasteiger partial charge in [0.25, 0.3) is 0 Å². The van der Waals surface area contributed by atoms with E-state index in [1.807, 2.05) is 0 Å². The Morgan fingerprint density at radius 2 is 1.75 bits per heavy atom. The molecule has 0 atom stereocenters. The average molecular weight is 350 g/mol. The molecule has 0 unspecified atom stereocenters. The molecule has 6 nitrogen and oxygen atoms in total. The van der Waals surface area contributed by atoms with Crippen LogP contribution in [-0.2, 0) is 6.42 Å². The molecule has 0 amide bonds. The van der Waals surface area contributed by atoms with Gasteiger partial charge in [-0.2, -0.15) is 9.97 Å². The molecule has 2 aromatic rings. The number of hydrogen-bond donors (Lipinski definition) is 2. The van der Waals surface area contributed by atoms with Crippen LogP contribution in [0.2, 0.25) is 0 Å². The fourth-order valence-electron chi connectivity index (χ4n) is 1.96. The Morgan fingerprint density at radius 3 is 2.33 bits per heavy atom. The Morgan fingerprint density at radius 1 is 1.12 bits per heavy atom. The Kier molecular flexibility index (Phi) is 6.68. The van der Waals surface area contributed by atoms with Gasteiger partial charge >= 0.3 is 0 Å². The number of nitrogens with zero attached hydrogens (tertiary/aromatic N) is 2. The van der Waals surface area contributed by atoms with Gasteiger partial charge < -0.3 is 20.1 Å². The molecule has 0 aliphatic heterocycles. The van der Waals surface area contributed by atoms with Crippen molar-refractivity contribution in [1.82, 2.24) is 15.3 Å². The minimum Gasteiger partial charge on any atom is -0.481 e. The van der Waals surface area contributed by atoms with Crippen LogP contribution in [0.5, 0.6) is 11.8 Å². The molecule has 0 fully saturated rings. The second-order valence-electron chi connectivity index (χ2n) is 4.89. The summed E-state index contributed by atoms with van der Waals surface area (Å²) in [6, 6.07) is 8.06. The highest BCUT2D eigenvalue weighted by Crippen LogP contribution is 2.17. The van der Waals surface area contributed by atoms with Gasteiger partial charge in [-0.1, -0.05) is 12.1 Å². The van der Waals surface area contributed by atoms with Crippen molar-refractivity contribution >= 4 is 23.3 Å². The van der Waals surface area contributed by atoms with E-state index in [4.69, 9.17) is 21.7 Å². The van der Waals surface area contributed by atoms with Gasteiger partial charge in [-0.25, -0.2) is 4.39 Å². The number of rotatable bonds is 7. The number of nitrogens with one attached hydrogen (secondary N) is 2. The first kappa shape index (κ1) is 17.9. The van der Waals surface area contributed by atoms with E-state index >= 15 is 0 Å². The molecule has 0 spiro atoms. The van der Waals surface area contributed by atoms with Crippen LogP contribution in [0, 0.1) is 5.82 Å². The molecule has 0 radical (unpaired) electrons. The first-order valence-corrected chi connectivity index (χ1v) is 7.78. The highest BCUT2D eigenvalue weighted by molar-refractivity contribution is 7.80. The summed E-state index contributed by atoms with van der Waals surface area (Å²) in [5, 5.41) is 6.37. The monoisotopic (exact) mass is 350 g/mol. The molecule has 128 valence electrons. The van der Waals surface area contributed by atoms with Crippen LogP contribution in [-0.4, -0.2) is 35.8 Å². The third-order valence-corrected chi connectivity index (χ3v) is 3.41. The molecule has 0 bridgehead atoms. The summed E-state index contributed by atoms with van der Waals surface area (Å²) in [6.45, 7) is 0.671. The number of methoxy groups -OCH3 is 2. The number of ether oxygens (including phenoxy) is 2. The van der Waals surface area contributed by atoms with Gasteiger partial charge in [0.05, 0.1) is 20.3 Å². The fraction of sp³-hybridized carbons (Fsp3) is 0.312. The summed E-state index contributed by atoms with van der Waals surface area (Å²) in [7, 11) is 3.02. The lowest BCUT2D eigenvalue weighted by Crippen LogP contribution is -2.30. The molecule has 1 heterocycles. The fourth-order valence-corrected chi connectivity index (χ4v) is 2.15. The molecular formula is C16H19FN4O2S. The maximum Gasteiger partial charge on any atom is 0.235 e. The molecular weight excluding hydrogens is 331 g/mol. The lowest BCUT2D eigenvalue weighted by Gasteiger charge is -2.11. The first-order valence-electron chi connectivity index (χ1n) is 7.37. The van der Waals surface area contributed by atoms with Crippen molar-refractivity contribution in [2.75, 3.05) is 26.1 Å². The van der Waals surface area contributed by atoms with Crippen molar-refractivity contribution < 1.29 is 13.9 Å². The van der Waals surface area contributed by atoms with Crippen molar-refractivity contribution in [2.45, 2.75) is 12.8 Å². The van der Waals surface area contributed by atoms with E-state index in [-0.39, 0.29) is 5.82 Å². The van der Waals surface area contributed by atoms with Gasteiger partial charge in [0.2, 0.25) is 17.7 Å². The highest BCUT2D eigenvalue weighted by Gasteiger charge is 2.06. The number of anilines is 1. The van der Waals surface area contributed by atoms with Gasteiger partial charge in [0.1, 0.15) is 5.82 Å². The molecule has 0 saturated heterocycles. The maximum atomic E-state index is 12.8. The van der Waals surface area contributed by atoms with Crippen molar-refractivity contribution in [2.24, 2.45) is 0 Å². The number of aromatic nitrogens is 2. The normalized spacial score (nSPS) is 10.1. The van der Waals surface area contributed by atoms with Gasteiger partial charge in [-0.05, 0) is 42.8 Å². The van der Waals surface area contributed by atoms with Crippen LogP contribution in [0.25, 0.3) is 0 Å². The van der Waals surface area contributed by atoms with E-state index in [1.165, 1.54) is 26.4 Å². The van der Waals surface area contributed by atoms with Crippen LogP contribution < -0.4 is 20.1 Å². The Balaban J connectivity index is 1.78. The summed E-state index contributed by atoms with van der Waals surface area (Å²) in [6.07, 6.45) is 1.69. The van der Waals surface area contributed by atoms with Gasteiger partial charge in [0, 0.05) is 6.54 Å². The van der Waals surface area contributed by atoms with E-state index in [1.54, 1.807) is 18.2 Å². The van der Waals surface area contributed by atoms with Crippen LogP contribution in [0.4, 0.5) is 10.3 Å². The molecule has 2 rings (SSSR count). The second-order valence-corrected chi connectivity index (χ2v) is 5.30. The summed E-state index contributed by atoms with van der Waals surface area (Å²) in [5.74, 6) is 0.824. The van der Waals surface area contributed by atoms with Crippen molar-refractivity contribution in [1.29, 1.82) is 0 Å². The molecule has 0 aliphatic rings. The van der Waals surface area contributed by atoms with Crippen molar-refractivity contribution in [3.63, 3.8) is 0 Å². The largest absolute Gasteiger partial charge is 0.481 e. The van der Waals surface area contributed by atoms with Crippen LogP contribution in [0.1, 0.15) is 12.0 Å². The molecule has 1 aromatic heterocycles. The lowest BCUT2D eigenvalue weighted by atomic mass is 10.1. The maximum absolute atomic E-state index is 12.8. The molecule has 8 heteroatoms. The Bertz CT molecular complexity index is 660. The van der Waals surface area contributed by atoms with E-state index in [2.05, 4.69) is 20.6 Å². The zero-order valence-corrected chi connectivity index (χ0v) is 14.3. The van der Waals surface area contributed by atoms with E-state index in [9.17, 15) is 4.39 Å². The third kappa shape index (κ3) is 5.62. The van der Waals surface area contributed by atoms with Crippen LogP contribution in [0.15, 0.2) is 30.3 Å². The summed E-state index contributed by atoms with van der Waals surface area (Å²) >= 11 is 5.21. The van der Waals surface area contributed by atoms with Gasteiger partial charge in [-0.3, -0.25) is 0 Å². The number of thiocarbonyl (C=S) groups is 1. The molecule has 0 aliphatic carbocycles. The van der Waals surface area contributed by atoms with E-state index in [0.29, 0.717) is 29.4 Å². The number of benzene rings is 1. The summed E-state index contributed by atoms with van der Waals surface area (Å²) < 4.78 is 23.0. The zero-order chi connectivity index (χ0) is 17.4. The standard InChI is InChI=1S/C16H19FN4O2S/c1-22-13-10-14(23-2)20-15(19-13)21-16(24)18-9-3-4-11-5-7-12(17)8-6-11/h5-8,10H,3-4,9H2,1-2H3,(H2,18,19,20,21,24). The number of aryl methyl sites for hydroxylation is 1. The zero-order valence-electron chi connectivity index (χ0n) is 13.5. The molecule has 0 saturated carbocycles. The number of halogens is 1. The smallest absolute Gasteiger partial charge is 0.235 e. The Labute approximate surface area is 145 Å². The summed E-state index contributed by atoms with van der Waals surface area (Å²) in [4.78, 5) is 8.27. The SMILES string of the molecule is COc1cc(OC)nc(NC(=S)NCCCc2ccc(F)cc2)n1. The van der Waals surface area contributed by atoms with Crippen molar-refractivity contribution in [3.8, 4) is 11.8 Å². The van der Waals surface area contributed by atoms with Gasteiger partial charge in [-0.15, -0.1) is 0 Å². The third-order valence-electron chi connectivity index (χ3n) is 3.16. The second kappa shape index (κ2) is 8.97. The minimum absolute atomic E-state index is 0.226. The quantitative estimate of drug-likeness (QED) is 0.587. The summed E-state index contributed by atoms with van der Waals surface area (Å²) in [5.41, 5.74) is 1.08. The minimum atomic E-state index is -0.226. The predicted octanol–water partition coefficient (Wildman–Crippen LogP) is 2.55. The predicted molar refractivity (Wildman–Crippen MR) is 94.1 cm³/mol. The highest BCUT2D eigenvalue weighted by atomic mass is 32.1. The topological polar surface area (TPSA) is 68.3 Å². The Hall–Kier alpha value is -2.48. The number of hydrogen-bond acceptors (Lipinski definition) is 5. The molecule has 1 aromatic carbocycles. The van der Waals surface area contributed by atoms with E-state index < -0.39 is 0 Å².